The van der Waals surface area contributed by atoms with E-state index in [1.165, 1.54) is 0 Å². The van der Waals surface area contributed by atoms with Gasteiger partial charge in [0.25, 0.3) is 0 Å². The van der Waals surface area contributed by atoms with Gasteiger partial charge in [0.1, 0.15) is 11.3 Å². The first-order chi connectivity index (χ1) is 10.7. The smallest absolute Gasteiger partial charge is 0.228 e. The Hall–Kier alpha value is -2.75. The van der Waals surface area contributed by atoms with Crippen molar-refractivity contribution in [2.75, 3.05) is 12.4 Å². The van der Waals surface area contributed by atoms with Crippen LogP contribution in [0.25, 0.3) is 11.0 Å². The summed E-state index contributed by atoms with van der Waals surface area (Å²) >= 11 is 0. The van der Waals surface area contributed by atoms with Crippen LogP contribution in [0.4, 0.5) is 5.69 Å². The Labute approximate surface area is 128 Å². The maximum Gasteiger partial charge on any atom is 0.228 e. The van der Waals surface area contributed by atoms with Crippen LogP contribution in [0.15, 0.2) is 53.1 Å². The van der Waals surface area contributed by atoms with Gasteiger partial charge in [-0.1, -0.05) is 17.7 Å². The quantitative estimate of drug-likeness (QED) is 0.793. The van der Waals surface area contributed by atoms with Crippen LogP contribution < -0.4 is 10.1 Å². The van der Waals surface area contributed by atoms with Gasteiger partial charge in [-0.05, 0) is 31.2 Å². The van der Waals surface area contributed by atoms with Crippen molar-refractivity contribution in [1.82, 2.24) is 0 Å². The van der Waals surface area contributed by atoms with Gasteiger partial charge in [-0.25, -0.2) is 0 Å². The molecule has 0 bridgehead atoms. The first-order valence-corrected chi connectivity index (χ1v) is 7.06. The zero-order valence-corrected chi connectivity index (χ0v) is 12.6. The van der Waals surface area contributed by atoms with Crippen molar-refractivity contribution in [3.63, 3.8) is 0 Å². The zero-order chi connectivity index (χ0) is 15.5. The highest BCUT2D eigenvalue weighted by Gasteiger charge is 2.11. The van der Waals surface area contributed by atoms with Crippen LogP contribution in [-0.4, -0.2) is 13.0 Å². The number of aryl methyl sites for hydroxylation is 1. The SMILES string of the molecule is COc1cccc(NC(=O)Cc2coc3ccc(C)cc23)c1. The van der Waals surface area contributed by atoms with Gasteiger partial charge in [0.2, 0.25) is 5.91 Å². The molecule has 1 aromatic heterocycles. The molecule has 0 aliphatic carbocycles. The average Bonchev–Trinajstić information content (AvgIpc) is 2.89. The second-order valence-corrected chi connectivity index (χ2v) is 5.22. The predicted octanol–water partition coefficient (Wildman–Crippen LogP) is 3.93. The lowest BCUT2D eigenvalue weighted by Crippen LogP contribution is -2.14. The molecule has 1 amide bonds. The molecule has 3 aromatic rings. The summed E-state index contributed by atoms with van der Waals surface area (Å²) < 4.78 is 10.6. The topological polar surface area (TPSA) is 51.5 Å². The molecule has 0 saturated carbocycles. The van der Waals surface area contributed by atoms with Crippen LogP contribution in [-0.2, 0) is 11.2 Å². The summed E-state index contributed by atoms with van der Waals surface area (Å²) in [6.07, 6.45) is 1.92. The minimum absolute atomic E-state index is 0.0857. The fourth-order valence-corrected chi connectivity index (χ4v) is 2.41. The Balaban J connectivity index is 1.76. The Bertz CT molecular complexity index is 820. The molecule has 0 atom stereocenters. The van der Waals surface area contributed by atoms with E-state index in [0.29, 0.717) is 11.4 Å². The van der Waals surface area contributed by atoms with Crippen LogP contribution in [0.1, 0.15) is 11.1 Å². The van der Waals surface area contributed by atoms with Crippen molar-refractivity contribution in [1.29, 1.82) is 0 Å². The number of carbonyl (C=O) groups excluding carboxylic acids is 1. The van der Waals surface area contributed by atoms with Crippen LogP contribution in [0.2, 0.25) is 0 Å². The molecule has 4 heteroatoms. The van der Waals surface area contributed by atoms with Crippen molar-refractivity contribution in [2.45, 2.75) is 13.3 Å². The monoisotopic (exact) mass is 295 g/mol. The standard InChI is InChI=1S/C18H17NO3/c1-12-6-7-17-16(8-12)13(11-22-17)9-18(20)19-14-4-3-5-15(10-14)21-2/h3-8,10-11H,9H2,1-2H3,(H,19,20). The summed E-state index contributed by atoms with van der Waals surface area (Å²) in [4.78, 5) is 12.2. The fourth-order valence-electron chi connectivity index (χ4n) is 2.41. The van der Waals surface area contributed by atoms with E-state index < -0.39 is 0 Å². The van der Waals surface area contributed by atoms with E-state index in [2.05, 4.69) is 5.32 Å². The fraction of sp³-hybridized carbons (Fsp3) is 0.167. The Morgan fingerprint density at radius 1 is 1.23 bits per heavy atom. The van der Waals surface area contributed by atoms with Gasteiger partial charge in [-0.2, -0.15) is 0 Å². The second kappa shape index (κ2) is 5.93. The summed E-state index contributed by atoms with van der Waals surface area (Å²) in [6, 6.07) is 13.2. The van der Waals surface area contributed by atoms with Crippen LogP contribution >= 0.6 is 0 Å². The maximum atomic E-state index is 12.2. The van der Waals surface area contributed by atoms with Gasteiger partial charge in [-0.3, -0.25) is 4.79 Å². The molecular weight excluding hydrogens is 278 g/mol. The highest BCUT2D eigenvalue weighted by molar-refractivity contribution is 5.95. The molecule has 4 nitrogen and oxygen atoms in total. The Morgan fingerprint density at radius 3 is 2.91 bits per heavy atom. The van der Waals surface area contributed by atoms with E-state index in [0.717, 1.165) is 22.1 Å². The number of anilines is 1. The van der Waals surface area contributed by atoms with E-state index >= 15 is 0 Å². The number of nitrogens with one attached hydrogen (secondary N) is 1. The minimum Gasteiger partial charge on any atom is -0.497 e. The molecule has 1 N–H and O–H groups in total. The van der Waals surface area contributed by atoms with Crippen molar-refractivity contribution in [2.24, 2.45) is 0 Å². The summed E-state index contributed by atoms with van der Waals surface area (Å²) in [5.74, 6) is 0.625. The van der Waals surface area contributed by atoms with E-state index in [9.17, 15) is 4.79 Å². The van der Waals surface area contributed by atoms with Gasteiger partial charge in [0.15, 0.2) is 0 Å². The molecule has 0 saturated heterocycles. The van der Waals surface area contributed by atoms with Crippen molar-refractivity contribution >= 4 is 22.6 Å². The molecule has 0 spiro atoms. The molecule has 112 valence electrons. The van der Waals surface area contributed by atoms with E-state index in [-0.39, 0.29) is 12.3 Å². The largest absolute Gasteiger partial charge is 0.497 e. The lowest BCUT2D eigenvalue weighted by atomic mass is 10.1. The average molecular weight is 295 g/mol. The third-order valence-corrected chi connectivity index (χ3v) is 3.51. The molecule has 1 heterocycles. The van der Waals surface area contributed by atoms with Crippen molar-refractivity contribution in [3.05, 3.63) is 59.9 Å². The van der Waals surface area contributed by atoms with Gasteiger partial charge < -0.3 is 14.5 Å². The molecule has 0 aliphatic rings. The molecule has 0 unspecified atom stereocenters. The summed E-state index contributed by atoms with van der Waals surface area (Å²) in [6.45, 7) is 2.02. The molecular formula is C18H17NO3. The third-order valence-electron chi connectivity index (χ3n) is 3.51. The number of carbonyl (C=O) groups is 1. The number of hydrogen-bond donors (Lipinski definition) is 1. The number of benzene rings is 2. The minimum atomic E-state index is -0.0857. The Morgan fingerprint density at radius 2 is 2.09 bits per heavy atom. The first kappa shape index (κ1) is 14.2. The predicted molar refractivity (Wildman–Crippen MR) is 86.3 cm³/mol. The molecule has 0 radical (unpaired) electrons. The van der Waals surface area contributed by atoms with Crippen LogP contribution in [0.3, 0.4) is 0 Å². The van der Waals surface area contributed by atoms with E-state index in [1.54, 1.807) is 19.4 Å². The lowest BCUT2D eigenvalue weighted by molar-refractivity contribution is -0.115. The number of amides is 1. The summed E-state index contributed by atoms with van der Waals surface area (Å²) in [5.41, 5.74) is 3.55. The highest BCUT2D eigenvalue weighted by atomic mass is 16.5. The number of rotatable bonds is 4. The first-order valence-electron chi connectivity index (χ1n) is 7.06. The van der Waals surface area contributed by atoms with Gasteiger partial charge >= 0.3 is 0 Å². The summed E-state index contributed by atoms with van der Waals surface area (Å²) in [7, 11) is 1.60. The number of furan rings is 1. The van der Waals surface area contributed by atoms with Crippen molar-refractivity contribution < 1.29 is 13.9 Å². The van der Waals surface area contributed by atoms with Crippen LogP contribution in [0.5, 0.6) is 5.75 Å². The molecule has 3 rings (SSSR count). The molecule has 0 aliphatic heterocycles. The summed E-state index contributed by atoms with van der Waals surface area (Å²) in [5, 5.41) is 3.86. The van der Waals surface area contributed by atoms with Gasteiger partial charge in [-0.15, -0.1) is 0 Å². The molecule has 22 heavy (non-hydrogen) atoms. The van der Waals surface area contributed by atoms with Gasteiger partial charge in [0, 0.05) is 22.7 Å². The van der Waals surface area contributed by atoms with Crippen LogP contribution in [0, 0.1) is 6.92 Å². The van der Waals surface area contributed by atoms with E-state index in [4.69, 9.17) is 9.15 Å². The lowest BCUT2D eigenvalue weighted by Gasteiger charge is -2.06. The number of fused-ring (bicyclic) bond motifs is 1. The molecule has 2 aromatic carbocycles. The normalized spacial score (nSPS) is 10.6. The van der Waals surface area contributed by atoms with E-state index in [1.807, 2.05) is 43.3 Å². The highest BCUT2D eigenvalue weighted by Crippen LogP contribution is 2.23. The zero-order valence-electron chi connectivity index (χ0n) is 12.6. The molecule has 0 fully saturated rings. The van der Waals surface area contributed by atoms with Crippen molar-refractivity contribution in [3.8, 4) is 5.75 Å². The van der Waals surface area contributed by atoms with Gasteiger partial charge in [0.05, 0.1) is 19.8 Å². The number of methoxy groups -OCH3 is 1. The maximum absolute atomic E-state index is 12.2. The number of ether oxygens (including phenoxy) is 1. The third kappa shape index (κ3) is 2.96. The Kier molecular flexibility index (Phi) is 3.83. The second-order valence-electron chi connectivity index (χ2n) is 5.22. The number of hydrogen-bond acceptors (Lipinski definition) is 3.